The summed E-state index contributed by atoms with van der Waals surface area (Å²) < 4.78 is 48.7. The van der Waals surface area contributed by atoms with Gasteiger partial charge in [-0.1, -0.05) is 0 Å². The standard InChI is InChI=1S/C25H42O21/c26-1-7-12(29)19(36)24(42-7)46-20-11(28)6(27)2-39-25(20)45-10-5-41-23(18(35)15(10)32)44-9-4-40-22(17(34)14(9)31)43-8-3-38-21(37)16(33)13(8)30/h6-37H,1-5H2/t6-,7+,8-,9-,10-,11+,12-,13+,14+,15+,16?,17?,18?,19?,20?,21-,22+,23-,24+,25+/m1/s1. The molecule has 0 radical (unpaired) electrons. The first-order valence-electron chi connectivity index (χ1n) is 14.7. The average molecular weight is 679 g/mol. The van der Waals surface area contributed by atoms with Crippen molar-refractivity contribution in [2.24, 2.45) is 0 Å². The van der Waals surface area contributed by atoms with Gasteiger partial charge in [-0.15, -0.1) is 0 Å². The van der Waals surface area contributed by atoms with E-state index in [-0.39, 0.29) is 6.61 Å². The minimum Gasteiger partial charge on any atom is -0.394 e. The number of ether oxygens (including phenoxy) is 9. The molecule has 46 heavy (non-hydrogen) atoms. The summed E-state index contributed by atoms with van der Waals surface area (Å²) in [5.41, 5.74) is 0. The first-order valence-corrected chi connectivity index (χ1v) is 14.7. The van der Waals surface area contributed by atoms with Crippen molar-refractivity contribution in [3.8, 4) is 0 Å². The van der Waals surface area contributed by atoms with Crippen LogP contribution in [0.5, 0.6) is 0 Å². The smallest absolute Gasteiger partial charge is 0.187 e. The van der Waals surface area contributed by atoms with Crippen LogP contribution in [-0.2, 0) is 42.6 Å². The monoisotopic (exact) mass is 678 g/mol. The van der Waals surface area contributed by atoms with Gasteiger partial charge in [-0.2, -0.15) is 0 Å². The number of rotatable bonds is 9. The zero-order valence-electron chi connectivity index (χ0n) is 24.1. The van der Waals surface area contributed by atoms with E-state index in [0.717, 1.165) is 0 Å². The topological polar surface area (TPSA) is 326 Å². The Morgan fingerprint density at radius 1 is 0.435 bits per heavy atom. The summed E-state index contributed by atoms with van der Waals surface area (Å²) in [7, 11) is 0. The van der Waals surface area contributed by atoms with Crippen molar-refractivity contribution < 1.29 is 104 Å². The quantitative estimate of drug-likeness (QED) is 0.108. The number of hydrogen-bond donors (Lipinski definition) is 12. The molecule has 0 saturated carbocycles. The average Bonchev–Trinajstić information content (AvgIpc) is 3.31. The Balaban J connectivity index is 1.14. The summed E-state index contributed by atoms with van der Waals surface area (Å²) in [6.07, 6.45) is -30.9. The van der Waals surface area contributed by atoms with Crippen LogP contribution in [0.4, 0.5) is 0 Å². The molecule has 5 unspecified atom stereocenters. The summed E-state index contributed by atoms with van der Waals surface area (Å²) in [4.78, 5) is 0. The van der Waals surface area contributed by atoms with Crippen molar-refractivity contribution in [1.82, 2.24) is 0 Å². The highest BCUT2D eigenvalue weighted by Crippen LogP contribution is 2.31. The molecule has 0 aliphatic carbocycles. The zero-order valence-corrected chi connectivity index (χ0v) is 24.1. The van der Waals surface area contributed by atoms with Crippen LogP contribution < -0.4 is 0 Å². The van der Waals surface area contributed by atoms with Gasteiger partial charge >= 0.3 is 0 Å². The molecule has 5 fully saturated rings. The first-order chi connectivity index (χ1) is 21.8. The number of hydrogen-bond acceptors (Lipinski definition) is 21. The van der Waals surface area contributed by atoms with E-state index in [4.69, 9.17) is 42.6 Å². The van der Waals surface area contributed by atoms with Crippen LogP contribution in [0, 0.1) is 0 Å². The van der Waals surface area contributed by atoms with Crippen LogP contribution in [0.1, 0.15) is 0 Å². The predicted octanol–water partition coefficient (Wildman–Crippen LogP) is -8.73. The Kier molecular flexibility index (Phi) is 12.2. The highest BCUT2D eigenvalue weighted by Gasteiger charge is 2.52. The van der Waals surface area contributed by atoms with Crippen molar-refractivity contribution in [2.45, 2.75) is 123 Å². The highest BCUT2D eigenvalue weighted by molar-refractivity contribution is 4.93. The van der Waals surface area contributed by atoms with Gasteiger partial charge in [0, 0.05) is 0 Å². The summed E-state index contributed by atoms with van der Waals surface area (Å²) in [5, 5.41) is 122. The van der Waals surface area contributed by atoms with Gasteiger partial charge in [0.15, 0.2) is 31.5 Å². The fraction of sp³-hybridized carbons (Fsp3) is 1.00. The molecular weight excluding hydrogens is 636 g/mol. The van der Waals surface area contributed by atoms with Crippen molar-refractivity contribution in [2.75, 3.05) is 33.0 Å². The molecule has 0 bridgehead atoms. The molecule has 21 heteroatoms. The van der Waals surface area contributed by atoms with Gasteiger partial charge in [0.05, 0.1) is 33.0 Å². The van der Waals surface area contributed by atoms with Gasteiger partial charge in [-0.05, 0) is 0 Å². The zero-order chi connectivity index (χ0) is 33.4. The van der Waals surface area contributed by atoms with Crippen LogP contribution >= 0.6 is 0 Å². The van der Waals surface area contributed by atoms with E-state index < -0.39 is 149 Å². The van der Waals surface area contributed by atoms with Gasteiger partial charge in [-0.3, -0.25) is 0 Å². The third-order valence-electron chi connectivity index (χ3n) is 8.47. The van der Waals surface area contributed by atoms with Crippen molar-refractivity contribution in [3.63, 3.8) is 0 Å². The Morgan fingerprint density at radius 3 is 1.41 bits per heavy atom. The molecule has 5 aliphatic heterocycles. The number of aliphatic hydroxyl groups excluding tert-OH is 12. The van der Waals surface area contributed by atoms with E-state index in [1.165, 1.54) is 0 Å². The maximum absolute atomic E-state index is 10.8. The minimum atomic E-state index is -1.81. The van der Waals surface area contributed by atoms with Crippen LogP contribution in [0.2, 0.25) is 0 Å². The molecule has 12 N–H and O–H groups in total. The van der Waals surface area contributed by atoms with E-state index in [1.807, 2.05) is 0 Å². The van der Waals surface area contributed by atoms with Crippen LogP contribution in [-0.4, -0.2) is 217 Å². The molecule has 21 nitrogen and oxygen atoms in total. The van der Waals surface area contributed by atoms with E-state index in [1.54, 1.807) is 0 Å². The SMILES string of the molecule is OC[C@@H]1O[C@@H](OC2[C@H](O[C@@H]3CO[C@H](O[C@@H]4CO[C@@H](O[C@@H]5CO[C@@H](O)C(O)[C@H]5O)C(O)[C@H]4O)C(O)[C@H]3O)OC[C@@H](O)[C@@H]2O)C(O)[C@@H]1O. The molecular formula is C25H42O21. The maximum atomic E-state index is 10.8. The molecule has 5 saturated heterocycles. The van der Waals surface area contributed by atoms with Crippen LogP contribution in [0.25, 0.3) is 0 Å². The van der Waals surface area contributed by atoms with Crippen LogP contribution in [0.15, 0.2) is 0 Å². The lowest BCUT2D eigenvalue weighted by Gasteiger charge is -2.45. The van der Waals surface area contributed by atoms with Crippen LogP contribution in [0.3, 0.4) is 0 Å². The Bertz CT molecular complexity index is 965. The van der Waals surface area contributed by atoms with Gasteiger partial charge < -0.3 is 104 Å². The second-order valence-corrected chi connectivity index (χ2v) is 11.7. The second-order valence-electron chi connectivity index (χ2n) is 11.7. The minimum absolute atomic E-state index is 0.354. The maximum Gasteiger partial charge on any atom is 0.187 e. The molecule has 20 atom stereocenters. The van der Waals surface area contributed by atoms with Gasteiger partial charge in [0.1, 0.15) is 91.6 Å². The lowest BCUT2D eigenvalue weighted by atomic mass is 10.0. The van der Waals surface area contributed by atoms with E-state index >= 15 is 0 Å². The summed E-state index contributed by atoms with van der Waals surface area (Å²) >= 11 is 0. The molecule has 0 amide bonds. The Labute approximate surface area is 260 Å². The fourth-order valence-electron chi connectivity index (χ4n) is 5.59. The molecule has 0 spiro atoms. The molecule has 5 heterocycles. The van der Waals surface area contributed by atoms with E-state index in [2.05, 4.69) is 0 Å². The lowest BCUT2D eigenvalue weighted by Crippen LogP contribution is -2.63. The Hall–Kier alpha value is -0.840. The highest BCUT2D eigenvalue weighted by atomic mass is 16.8. The van der Waals surface area contributed by atoms with Crippen molar-refractivity contribution in [3.05, 3.63) is 0 Å². The number of aliphatic hydroxyl groups is 12. The molecule has 268 valence electrons. The normalized spacial score (nSPS) is 53.7. The lowest BCUT2D eigenvalue weighted by molar-refractivity contribution is -0.363. The molecule has 0 aromatic rings. The third-order valence-corrected chi connectivity index (χ3v) is 8.47. The predicted molar refractivity (Wildman–Crippen MR) is 136 cm³/mol. The molecule has 5 aliphatic rings. The second kappa shape index (κ2) is 15.4. The molecule has 0 aromatic heterocycles. The largest absolute Gasteiger partial charge is 0.394 e. The first kappa shape index (κ1) is 36.4. The Morgan fingerprint density at radius 2 is 0.891 bits per heavy atom. The summed E-state index contributed by atoms with van der Waals surface area (Å²) in [6, 6.07) is 0. The van der Waals surface area contributed by atoms with E-state index in [9.17, 15) is 61.3 Å². The van der Waals surface area contributed by atoms with Gasteiger partial charge in [-0.25, -0.2) is 0 Å². The van der Waals surface area contributed by atoms with Crippen molar-refractivity contribution in [1.29, 1.82) is 0 Å². The summed E-state index contributed by atoms with van der Waals surface area (Å²) in [5.74, 6) is 0. The third kappa shape index (κ3) is 7.50. The summed E-state index contributed by atoms with van der Waals surface area (Å²) in [6.45, 7) is -2.30. The van der Waals surface area contributed by atoms with Crippen molar-refractivity contribution >= 4 is 0 Å². The fourth-order valence-corrected chi connectivity index (χ4v) is 5.59. The van der Waals surface area contributed by atoms with Gasteiger partial charge in [0.2, 0.25) is 0 Å². The molecule has 5 rings (SSSR count). The van der Waals surface area contributed by atoms with E-state index in [0.29, 0.717) is 0 Å². The molecule has 0 aromatic carbocycles. The van der Waals surface area contributed by atoms with Gasteiger partial charge in [0.25, 0.3) is 0 Å².